The number of aromatic nitrogens is 5. The number of nitrogen functional groups attached to an aromatic ring is 1. The quantitative estimate of drug-likeness (QED) is 0.265. The predicted molar refractivity (Wildman–Crippen MR) is 184 cm³/mol. The van der Waals surface area contributed by atoms with Crippen molar-refractivity contribution in [1.82, 2.24) is 35.4 Å². The van der Waals surface area contributed by atoms with E-state index in [1.807, 2.05) is 42.7 Å². The number of piperazine rings is 1. The van der Waals surface area contributed by atoms with E-state index in [9.17, 15) is 14.7 Å². The molecule has 3 aromatic heterocycles. The van der Waals surface area contributed by atoms with Crippen LogP contribution in [0.2, 0.25) is 0 Å². The molecule has 4 aromatic rings. The van der Waals surface area contributed by atoms with Gasteiger partial charge in [0, 0.05) is 62.6 Å². The van der Waals surface area contributed by atoms with Gasteiger partial charge in [0.15, 0.2) is 5.82 Å². The molecule has 2 unspecified atom stereocenters. The number of nitrogens with two attached hydrogens (primary N) is 1. The molecule has 252 valence electrons. The van der Waals surface area contributed by atoms with E-state index in [1.54, 1.807) is 23.2 Å². The van der Waals surface area contributed by atoms with Gasteiger partial charge in [-0.1, -0.05) is 12.1 Å². The fourth-order valence-electron chi connectivity index (χ4n) is 7.70. The van der Waals surface area contributed by atoms with Crippen LogP contribution < -0.4 is 25.8 Å². The number of aromatic hydroxyl groups is 1. The Kier molecular flexibility index (Phi) is 8.15. The summed E-state index contributed by atoms with van der Waals surface area (Å²) in [6.45, 7) is 4.59. The number of nitrogens with one attached hydrogen (secondary N) is 1. The minimum absolute atomic E-state index is 0.162. The molecular formula is C35H39N11O3. The molecular weight excluding hydrogens is 622 g/mol. The average molecular weight is 662 g/mol. The number of anilines is 4. The molecule has 1 aromatic carbocycles. The maximum atomic E-state index is 12.1. The maximum absolute atomic E-state index is 12.1. The number of carbonyl (C=O) groups is 2. The van der Waals surface area contributed by atoms with Crippen LogP contribution in [0.5, 0.6) is 5.75 Å². The largest absolute Gasteiger partial charge is 0.507 e. The van der Waals surface area contributed by atoms with E-state index in [0.717, 1.165) is 75.7 Å². The van der Waals surface area contributed by atoms with E-state index in [4.69, 9.17) is 15.7 Å². The fourth-order valence-corrected chi connectivity index (χ4v) is 7.70. The number of rotatable bonds is 7. The summed E-state index contributed by atoms with van der Waals surface area (Å²) in [6.07, 6.45) is 10.2. The lowest BCUT2D eigenvalue weighted by molar-refractivity contribution is -0.120. The van der Waals surface area contributed by atoms with Crippen molar-refractivity contribution in [2.75, 3.05) is 53.2 Å². The van der Waals surface area contributed by atoms with Crippen LogP contribution in [0.3, 0.4) is 0 Å². The zero-order valence-corrected chi connectivity index (χ0v) is 27.1. The molecule has 8 rings (SSSR count). The zero-order chi connectivity index (χ0) is 33.5. The minimum atomic E-state index is -0.398. The summed E-state index contributed by atoms with van der Waals surface area (Å²) in [6, 6.07) is 13.0. The number of urea groups is 1. The number of fused-ring (bicyclic) bond motifs is 2. The molecule has 0 saturated carbocycles. The van der Waals surface area contributed by atoms with E-state index in [2.05, 4.69) is 35.2 Å². The van der Waals surface area contributed by atoms with Crippen LogP contribution in [0.4, 0.5) is 27.9 Å². The number of para-hydroxylation sites is 1. The molecule has 4 saturated heterocycles. The summed E-state index contributed by atoms with van der Waals surface area (Å²) >= 11 is 0. The Morgan fingerprint density at radius 3 is 2.33 bits per heavy atom. The molecule has 49 heavy (non-hydrogen) atoms. The standard InChI is InChI=1S/C35H39N11O3/c36-33-30(15-29(41-42-33)28-3-1-2-4-31(28)47)44-20-26-7-8-27(21-44)46(26)34-38-16-23(17-39-34)22-9-12-43(13-10-22)19-24-5-6-25(18-37-24)45-14-11-32(48)40-35(45)49/h1-6,15-18,22,26-27,47H,7-14,19-21H2,(H2,36,42)(H,40,48,49). The highest BCUT2D eigenvalue weighted by atomic mass is 16.3. The summed E-state index contributed by atoms with van der Waals surface area (Å²) in [5.74, 6) is 1.50. The Morgan fingerprint density at radius 2 is 1.63 bits per heavy atom. The van der Waals surface area contributed by atoms with Crippen LogP contribution in [0, 0.1) is 0 Å². The molecule has 0 aliphatic carbocycles. The summed E-state index contributed by atoms with van der Waals surface area (Å²) < 4.78 is 0. The Morgan fingerprint density at radius 1 is 0.878 bits per heavy atom. The van der Waals surface area contributed by atoms with E-state index in [1.165, 1.54) is 5.56 Å². The molecule has 4 N–H and O–H groups in total. The van der Waals surface area contributed by atoms with Gasteiger partial charge in [-0.25, -0.2) is 14.8 Å². The molecule has 4 aliphatic heterocycles. The van der Waals surface area contributed by atoms with E-state index >= 15 is 0 Å². The van der Waals surface area contributed by atoms with Gasteiger partial charge in [-0.05, 0) is 80.6 Å². The number of phenolic OH excluding ortho intramolecular Hbond substituents is 1. The van der Waals surface area contributed by atoms with Gasteiger partial charge >= 0.3 is 6.03 Å². The molecule has 0 spiro atoms. The monoisotopic (exact) mass is 661 g/mol. The third-order valence-electron chi connectivity index (χ3n) is 10.3. The van der Waals surface area contributed by atoms with Crippen LogP contribution in [-0.2, 0) is 11.3 Å². The topological polar surface area (TPSA) is 170 Å². The van der Waals surface area contributed by atoms with Crippen molar-refractivity contribution in [2.45, 2.75) is 56.7 Å². The highest BCUT2D eigenvalue weighted by Crippen LogP contribution is 2.38. The Labute approximate surface area is 284 Å². The molecule has 7 heterocycles. The molecule has 3 amide bonds. The van der Waals surface area contributed by atoms with Crippen molar-refractivity contribution in [2.24, 2.45) is 0 Å². The van der Waals surface area contributed by atoms with Gasteiger partial charge in [0.05, 0.1) is 29.0 Å². The Bertz CT molecular complexity index is 1830. The number of phenols is 1. The van der Waals surface area contributed by atoms with Crippen molar-refractivity contribution in [3.63, 3.8) is 0 Å². The third kappa shape index (κ3) is 6.19. The number of benzene rings is 1. The highest BCUT2D eigenvalue weighted by molar-refractivity contribution is 6.05. The first-order valence-electron chi connectivity index (χ1n) is 16.9. The van der Waals surface area contributed by atoms with Crippen LogP contribution in [0.15, 0.2) is 61.1 Å². The van der Waals surface area contributed by atoms with E-state index < -0.39 is 6.03 Å². The van der Waals surface area contributed by atoms with Crippen molar-refractivity contribution in [3.8, 4) is 17.0 Å². The van der Waals surface area contributed by atoms with Crippen molar-refractivity contribution in [1.29, 1.82) is 0 Å². The summed E-state index contributed by atoms with van der Waals surface area (Å²) in [4.78, 5) is 46.6. The van der Waals surface area contributed by atoms with Gasteiger partial charge in [-0.15, -0.1) is 10.2 Å². The number of imide groups is 1. The fraction of sp³-hybridized carbons (Fsp3) is 0.400. The highest BCUT2D eigenvalue weighted by Gasteiger charge is 2.42. The van der Waals surface area contributed by atoms with Gasteiger partial charge in [0.25, 0.3) is 0 Å². The molecule has 0 radical (unpaired) electrons. The zero-order valence-electron chi connectivity index (χ0n) is 27.1. The number of amides is 3. The minimum Gasteiger partial charge on any atom is -0.507 e. The summed E-state index contributed by atoms with van der Waals surface area (Å²) in [5.41, 5.74) is 11.2. The normalized spacial score (nSPS) is 21.7. The second-order valence-electron chi connectivity index (χ2n) is 13.3. The molecule has 4 aliphatic rings. The average Bonchev–Trinajstić information content (AvgIpc) is 3.38. The van der Waals surface area contributed by atoms with Gasteiger partial charge in [-0.2, -0.15) is 0 Å². The summed E-state index contributed by atoms with van der Waals surface area (Å²) in [5, 5.41) is 21.2. The van der Waals surface area contributed by atoms with Gasteiger partial charge in [0.1, 0.15) is 5.75 Å². The van der Waals surface area contributed by atoms with Crippen LogP contribution in [0.25, 0.3) is 11.3 Å². The molecule has 14 heteroatoms. The number of pyridine rings is 1. The number of hydrogen-bond acceptors (Lipinski definition) is 12. The first-order valence-corrected chi connectivity index (χ1v) is 16.9. The SMILES string of the molecule is Nc1nnc(-c2ccccc2O)cc1N1CC2CCC(C1)N2c1ncc(C2CCN(Cc3ccc(N4CCC(=O)NC4=O)cn3)CC2)cn1. The Hall–Kier alpha value is -5.37. The molecule has 2 bridgehead atoms. The first-order chi connectivity index (χ1) is 23.9. The van der Waals surface area contributed by atoms with Crippen molar-refractivity contribution >= 4 is 35.1 Å². The Balaban J connectivity index is 0.865. The van der Waals surface area contributed by atoms with Crippen molar-refractivity contribution in [3.05, 3.63) is 72.3 Å². The van der Waals surface area contributed by atoms with Gasteiger partial charge in [0.2, 0.25) is 11.9 Å². The van der Waals surface area contributed by atoms with Gasteiger partial charge < -0.3 is 20.6 Å². The maximum Gasteiger partial charge on any atom is 0.328 e. The van der Waals surface area contributed by atoms with Crippen molar-refractivity contribution < 1.29 is 14.7 Å². The molecule has 14 nitrogen and oxygen atoms in total. The van der Waals surface area contributed by atoms with Crippen LogP contribution in [0.1, 0.15) is 49.3 Å². The molecule has 2 atom stereocenters. The lowest BCUT2D eigenvalue weighted by Gasteiger charge is -2.42. The second-order valence-corrected chi connectivity index (χ2v) is 13.3. The second kappa shape index (κ2) is 12.9. The van der Waals surface area contributed by atoms with Crippen LogP contribution >= 0.6 is 0 Å². The van der Waals surface area contributed by atoms with E-state index in [0.29, 0.717) is 41.6 Å². The van der Waals surface area contributed by atoms with E-state index in [-0.39, 0.29) is 23.7 Å². The number of nitrogens with zero attached hydrogens (tertiary/aromatic N) is 9. The number of piperidine rings is 1. The predicted octanol–water partition coefficient (Wildman–Crippen LogP) is 3.30. The number of carbonyl (C=O) groups excluding carboxylic acids is 2. The lowest BCUT2D eigenvalue weighted by Crippen LogP contribution is -2.54. The van der Waals surface area contributed by atoms with Crippen LogP contribution in [-0.4, -0.2) is 91.9 Å². The number of likely N-dealkylation sites (tertiary alicyclic amines) is 1. The third-order valence-corrected chi connectivity index (χ3v) is 10.3. The van der Waals surface area contributed by atoms with Gasteiger partial charge in [-0.3, -0.25) is 24.9 Å². The summed E-state index contributed by atoms with van der Waals surface area (Å²) in [7, 11) is 0. The smallest absolute Gasteiger partial charge is 0.328 e. The number of hydrogen-bond donors (Lipinski definition) is 3. The lowest BCUT2D eigenvalue weighted by atomic mass is 9.91. The molecule has 4 fully saturated rings. The first kappa shape index (κ1) is 30.9.